The van der Waals surface area contributed by atoms with Crippen LogP contribution in [-0.2, 0) is 0 Å². The van der Waals surface area contributed by atoms with Gasteiger partial charge < -0.3 is 8.98 Å². The minimum absolute atomic E-state index is 0.670. The summed E-state index contributed by atoms with van der Waals surface area (Å²) >= 11 is 0. The van der Waals surface area contributed by atoms with Crippen molar-refractivity contribution in [3.05, 3.63) is 206 Å². The van der Waals surface area contributed by atoms with E-state index in [0.717, 1.165) is 33.2 Å². The van der Waals surface area contributed by atoms with E-state index in [1.54, 1.807) is 6.20 Å². The Kier molecular flexibility index (Phi) is 7.49. The molecule has 0 spiro atoms. The van der Waals surface area contributed by atoms with Gasteiger partial charge in [-0.3, -0.25) is 0 Å². The Hall–Kier alpha value is -7.49. The second kappa shape index (κ2) is 13.1. The van der Waals surface area contributed by atoms with Gasteiger partial charge in [0.2, 0.25) is 5.71 Å². The van der Waals surface area contributed by atoms with E-state index in [9.17, 15) is 0 Å². The number of fused-ring (bicyclic) bond motifs is 6. The molecule has 0 unspecified atom stereocenters. The predicted molar refractivity (Wildman–Crippen MR) is 233 cm³/mol. The lowest BCUT2D eigenvalue weighted by Crippen LogP contribution is -1.94. The molecule has 11 aromatic rings. The molecule has 262 valence electrons. The number of benzene rings is 8. The van der Waals surface area contributed by atoms with E-state index in [0.29, 0.717) is 5.71 Å². The van der Waals surface area contributed by atoms with Crippen LogP contribution in [0.25, 0.3) is 105 Å². The van der Waals surface area contributed by atoms with Crippen LogP contribution in [-0.4, -0.2) is 9.55 Å². The van der Waals surface area contributed by atoms with E-state index < -0.39 is 0 Å². The molecule has 0 saturated heterocycles. The minimum atomic E-state index is 0.670. The van der Waals surface area contributed by atoms with Crippen molar-refractivity contribution in [2.75, 3.05) is 0 Å². The highest BCUT2D eigenvalue weighted by atomic mass is 16.3. The molecule has 3 aromatic heterocycles. The molecule has 0 N–H and O–H groups in total. The summed E-state index contributed by atoms with van der Waals surface area (Å²) in [5, 5.41) is 4.65. The van der Waals surface area contributed by atoms with E-state index in [-0.39, 0.29) is 0 Å². The van der Waals surface area contributed by atoms with E-state index in [4.69, 9.17) is 4.42 Å². The first kappa shape index (κ1) is 32.0. The maximum Gasteiger partial charge on any atom is 0.227 e. The summed E-state index contributed by atoms with van der Waals surface area (Å²) in [6.07, 6.45) is 1.77. The van der Waals surface area contributed by atoms with E-state index >= 15 is 0 Å². The van der Waals surface area contributed by atoms with Crippen molar-refractivity contribution in [1.29, 1.82) is 0 Å². The van der Waals surface area contributed by atoms with Crippen LogP contribution in [0.3, 0.4) is 0 Å². The van der Waals surface area contributed by atoms with Crippen LogP contribution in [0.1, 0.15) is 0 Å². The molecule has 8 aromatic carbocycles. The molecular formula is C53H34N2O. The molecule has 3 heteroatoms. The van der Waals surface area contributed by atoms with Gasteiger partial charge in [-0.15, -0.1) is 0 Å². The van der Waals surface area contributed by atoms with Crippen LogP contribution in [0.5, 0.6) is 0 Å². The molecule has 0 amide bonds. The zero-order valence-electron chi connectivity index (χ0n) is 30.4. The number of hydrogen-bond donors (Lipinski definition) is 0. The number of nitrogens with zero attached hydrogens (tertiary/aromatic N) is 2. The molecule has 0 aliphatic rings. The van der Waals surface area contributed by atoms with Gasteiger partial charge >= 0.3 is 0 Å². The van der Waals surface area contributed by atoms with E-state index in [2.05, 4.69) is 198 Å². The first-order valence-electron chi connectivity index (χ1n) is 19.0. The largest absolute Gasteiger partial charge is 0.438 e. The van der Waals surface area contributed by atoms with Gasteiger partial charge in [0.1, 0.15) is 5.58 Å². The van der Waals surface area contributed by atoms with Gasteiger partial charge in [-0.1, -0.05) is 127 Å². The van der Waals surface area contributed by atoms with Gasteiger partial charge in [0, 0.05) is 33.4 Å². The van der Waals surface area contributed by atoms with Crippen molar-refractivity contribution < 1.29 is 4.42 Å². The van der Waals surface area contributed by atoms with Crippen LogP contribution in [0.2, 0.25) is 0 Å². The Labute approximate surface area is 324 Å². The van der Waals surface area contributed by atoms with Crippen molar-refractivity contribution in [1.82, 2.24) is 9.55 Å². The number of aromatic nitrogens is 2. The standard InChI is InChI=1S/C53H34N2O/c1-3-24-50-46(21-1)47-22-2-4-25-51(47)55(50)45-20-9-19-43(33-45)41-17-7-15-39(31-41)37-13-5-11-35(29-37)36-12-6-14-38(30-36)40-16-8-18-42(32-40)44-26-27-52-49(34-44)48-23-10-28-54-53(48)56-52/h1-34H. The third-order valence-corrected chi connectivity index (χ3v) is 11.0. The topological polar surface area (TPSA) is 31.0 Å². The van der Waals surface area contributed by atoms with Gasteiger partial charge in [0.25, 0.3) is 0 Å². The fraction of sp³-hybridized carbons (Fsp3) is 0. The van der Waals surface area contributed by atoms with Crippen LogP contribution in [0.15, 0.2) is 211 Å². The minimum Gasteiger partial charge on any atom is -0.438 e. The normalized spacial score (nSPS) is 11.6. The third-order valence-electron chi connectivity index (χ3n) is 11.0. The van der Waals surface area contributed by atoms with Gasteiger partial charge in [-0.2, -0.15) is 0 Å². The molecule has 56 heavy (non-hydrogen) atoms. The summed E-state index contributed by atoms with van der Waals surface area (Å²) in [6, 6.07) is 72.1. The summed E-state index contributed by atoms with van der Waals surface area (Å²) in [7, 11) is 0. The maximum atomic E-state index is 5.98. The number of pyridine rings is 1. The van der Waals surface area contributed by atoms with Gasteiger partial charge in [0.15, 0.2) is 0 Å². The third kappa shape index (κ3) is 5.49. The zero-order valence-corrected chi connectivity index (χ0v) is 30.4. The summed E-state index contributed by atoms with van der Waals surface area (Å²) in [5.41, 5.74) is 16.9. The summed E-state index contributed by atoms with van der Waals surface area (Å²) in [6.45, 7) is 0. The highest BCUT2D eigenvalue weighted by molar-refractivity contribution is 6.09. The Morgan fingerprint density at radius 2 is 0.750 bits per heavy atom. The Morgan fingerprint density at radius 1 is 0.321 bits per heavy atom. The second-order valence-electron chi connectivity index (χ2n) is 14.4. The van der Waals surface area contributed by atoms with Crippen molar-refractivity contribution >= 4 is 43.9 Å². The van der Waals surface area contributed by atoms with Crippen molar-refractivity contribution in [3.8, 4) is 61.3 Å². The van der Waals surface area contributed by atoms with Gasteiger partial charge in [0.05, 0.1) is 11.0 Å². The lowest BCUT2D eigenvalue weighted by atomic mass is 9.94. The molecule has 0 atom stereocenters. The highest BCUT2D eigenvalue weighted by Gasteiger charge is 2.14. The number of furan rings is 1. The van der Waals surface area contributed by atoms with Crippen molar-refractivity contribution in [3.63, 3.8) is 0 Å². The summed E-state index contributed by atoms with van der Waals surface area (Å²) in [5.74, 6) is 0. The van der Waals surface area contributed by atoms with Gasteiger partial charge in [-0.25, -0.2) is 4.98 Å². The van der Waals surface area contributed by atoms with Gasteiger partial charge in [-0.05, 0) is 128 Å². The summed E-state index contributed by atoms with van der Waals surface area (Å²) in [4.78, 5) is 4.41. The first-order valence-corrected chi connectivity index (χ1v) is 19.0. The molecule has 0 aliphatic heterocycles. The Balaban J connectivity index is 0.907. The van der Waals surface area contributed by atoms with E-state index in [1.165, 1.54) is 66.3 Å². The molecule has 0 aliphatic carbocycles. The van der Waals surface area contributed by atoms with Crippen molar-refractivity contribution in [2.45, 2.75) is 0 Å². The van der Waals surface area contributed by atoms with Crippen LogP contribution in [0, 0.1) is 0 Å². The average Bonchev–Trinajstić information content (AvgIpc) is 3.82. The van der Waals surface area contributed by atoms with Crippen LogP contribution in [0.4, 0.5) is 0 Å². The first-order chi connectivity index (χ1) is 27.7. The molecule has 0 fully saturated rings. The SMILES string of the molecule is c1cc(-c2cccc(-c3cccc(-c4ccc5oc6ncccc6c5c4)c3)c2)cc(-c2cccc(-c3cccc(-n4c5ccccc5c5ccccc54)c3)c2)c1. The van der Waals surface area contributed by atoms with Crippen LogP contribution >= 0.6 is 0 Å². The Bertz CT molecular complexity index is 3220. The quantitative estimate of drug-likeness (QED) is 0.172. The Morgan fingerprint density at radius 3 is 1.27 bits per heavy atom. The fourth-order valence-electron chi connectivity index (χ4n) is 8.33. The van der Waals surface area contributed by atoms with Crippen LogP contribution < -0.4 is 0 Å². The highest BCUT2D eigenvalue weighted by Crippen LogP contribution is 2.37. The molecule has 0 radical (unpaired) electrons. The average molecular weight is 715 g/mol. The monoisotopic (exact) mass is 714 g/mol. The number of hydrogen-bond acceptors (Lipinski definition) is 2. The molecule has 11 rings (SSSR count). The molecule has 3 heterocycles. The lowest BCUT2D eigenvalue weighted by Gasteiger charge is -2.12. The molecular weight excluding hydrogens is 681 g/mol. The maximum absolute atomic E-state index is 5.98. The number of rotatable bonds is 6. The summed E-state index contributed by atoms with van der Waals surface area (Å²) < 4.78 is 8.36. The second-order valence-corrected chi connectivity index (χ2v) is 14.4. The molecule has 0 saturated carbocycles. The smallest absolute Gasteiger partial charge is 0.227 e. The lowest BCUT2D eigenvalue weighted by molar-refractivity contribution is 0.654. The fourth-order valence-corrected chi connectivity index (χ4v) is 8.33. The molecule has 0 bridgehead atoms. The predicted octanol–water partition coefficient (Wildman–Crippen LogP) is 14.4. The van der Waals surface area contributed by atoms with E-state index in [1.807, 2.05) is 12.1 Å². The molecule has 3 nitrogen and oxygen atoms in total. The number of para-hydroxylation sites is 2. The zero-order chi connectivity index (χ0) is 37.0. The van der Waals surface area contributed by atoms with Crippen molar-refractivity contribution in [2.24, 2.45) is 0 Å².